The van der Waals surface area contributed by atoms with Crippen molar-refractivity contribution in [2.75, 3.05) is 13.1 Å². The smallest absolute Gasteiger partial charge is 0.242 e. The van der Waals surface area contributed by atoms with Crippen LogP contribution in [0.15, 0.2) is 11.2 Å². The van der Waals surface area contributed by atoms with Crippen molar-refractivity contribution in [3.63, 3.8) is 0 Å². The zero-order valence-electron chi connectivity index (χ0n) is 13.0. The van der Waals surface area contributed by atoms with Gasteiger partial charge in [0.05, 0.1) is 6.54 Å². The highest BCUT2D eigenvalue weighted by molar-refractivity contribution is 14.0. The second kappa shape index (κ2) is 9.98. The number of thiazole rings is 1. The molecule has 0 bridgehead atoms. The molecule has 1 aromatic heterocycles. The number of amides is 1. The Labute approximate surface area is 152 Å². The second-order valence-electron chi connectivity index (χ2n) is 4.96. The van der Waals surface area contributed by atoms with Crippen LogP contribution in [0.5, 0.6) is 0 Å². The molecule has 0 radical (unpaired) electrons. The molecule has 1 aliphatic rings. The van der Waals surface area contributed by atoms with Crippen molar-refractivity contribution >= 4 is 47.2 Å². The van der Waals surface area contributed by atoms with E-state index >= 15 is 0 Å². The Morgan fingerprint density at radius 1 is 1.41 bits per heavy atom. The lowest BCUT2D eigenvalue weighted by Crippen LogP contribution is -2.38. The van der Waals surface area contributed by atoms with E-state index < -0.39 is 0 Å². The zero-order valence-corrected chi connectivity index (χ0v) is 16.2. The minimum Gasteiger partial charge on any atom is -0.357 e. The molecular formula is C14H24IN5OS. The molecule has 1 heterocycles. The van der Waals surface area contributed by atoms with Gasteiger partial charge < -0.3 is 16.0 Å². The van der Waals surface area contributed by atoms with E-state index in [2.05, 4.69) is 32.9 Å². The topological polar surface area (TPSA) is 78.4 Å². The first-order valence-electron chi connectivity index (χ1n) is 7.46. The maximum absolute atomic E-state index is 11.6. The number of nitrogens with zero attached hydrogens (tertiary/aromatic N) is 2. The van der Waals surface area contributed by atoms with Crippen LogP contribution < -0.4 is 16.0 Å². The van der Waals surface area contributed by atoms with Crippen molar-refractivity contribution in [3.8, 4) is 0 Å². The average Bonchev–Trinajstić information content (AvgIpc) is 3.17. The number of hydrogen-bond acceptors (Lipinski definition) is 4. The van der Waals surface area contributed by atoms with Crippen LogP contribution in [0.25, 0.3) is 0 Å². The number of guanidine groups is 1. The van der Waals surface area contributed by atoms with Crippen LogP contribution in [-0.4, -0.2) is 36.0 Å². The van der Waals surface area contributed by atoms with Crippen LogP contribution in [0.2, 0.25) is 0 Å². The Hall–Kier alpha value is -0.900. The highest BCUT2D eigenvalue weighted by Crippen LogP contribution is 2.18. The van der Waals surface area contributed by atoms with Crippen molar-refractivity contribution < 1.29 is 4.79 Å². The number of rotatable bonds is 7. The third kappa shape index (κ3) is 6.91. The molecule has 0 atom stereocenters. The van der Waals surface area contributed by atoms with E-state index in [4.69, 9.17) is 0 Å². The molecule has 2 rings (SSSR count). The first-order valence-corrected chi connectivity index (χ1v) is 8.28. The van der Waals surface area contributed by atoms with Gasteiger partial charge in [0.1, 0.15) is 11.6 Å². The van der Waals surface area contributed by atoms with Gasteiger partial charge in [-0.2, -0.15) is 0 Å². The number of aromatic nitrogens is 1. The number of aliphatic imine (C=N–C) groups is 1. The summed E-state index contributed by atoms with van der Waals surface area (Å²) in [5.41, 5.74) is 0. The number of carbonyl (C=O) groups excluding carboxylic acids is 1. The highest BCUT2D eigenvalue weighted by Gasteiger charge is 2.22. The number of nitrogens with one attached hydrogen (secondary N) is 3. The molecule has 0 aliphatic heterocycles. The Morgan fingerprint density at radius 2 is 2.18 bits per heavy atom. The second-order valence-corrected chi connectivity index (χ2v) is 6.16. The van der Waals surface area contributed by atoms with Crippen LogP contribution >= 0.6 is 35.3 Å². The van der Waals surface area contributed by atoms with E-state index in [-0.39, 0.29) is 36.4 Å². The third-order valence-corrected chi connectivity index (χ3v) is 4.17. The Balaban J connectivity index is 0.00000242. The van der Waals surface area contributed by atoms with Crippen molar-refractivity contribution in [1.29, 1.82) is 0 Å². The van der Waals surface area contributed by atoms with Gasteiger partial charge in [0.2, 0.25) is 5.91 Å². The van der Waals surface area contributed by atoms with Crippen molar-refractivity contribution in [3.05, 3.63) is 16.1 Å². The summed E-state index contributed by atoms with van der Waals surface area (Å²) < 4.78 is 0. The number of carbonyl (C=O) groups is 1. The fourth-order valence-corrected chi connectivity index (χ4v) is 2.55. The van der Waals surface area contributed by atoms with Gasteiger partial charge in [-0.15, -0.1) is 35.3 Å². The van der Waals surface area contributed by atoms with E-state index in [1.54, 1.807) is 11.3 Å². The Kier molecular flexibility index (Phi) is 8.69. The summed E-state index contributed by atoms with van der Waals surface area (Å²) in [6.45, 7) is 5.66. The Bertz CT molecular complexity index is 501. The number of hydrogen-bond donors (Lipinski definition) is 3. The lowest BCUT2D eigenvalue weighted by atomic mass is 10.4. The van der Waals surface area contributed by atoms with Crippen molar-refractivity contribution in [2.45, 2.75) is 45.7 Å². The summed E-state index contributed by atoms with van der Waals surface area (Å²) in [5, 5.41) is 10.3. The van der Waals surface area contributed by atoms with Gasteiger partial charge in [-0.1, -0.05) is 6.92 Å². The van der Waals surface area contributed by atoms with Gasteiger partial charge in [0.15, 0.2) is 5.96 Å². The quantitative estimate of drug-likeness (QED) is 0.345. The normalized spacial score (nSPS) is 14.2. The van der Waals surface area contributed by atoms with E-state index in [0.717, 1.165) is 30.8 Å². The fraction of sp³-hybridized carbons (Fsp3) is 0.643. The molecule has 0 aromatic carbocycles. The molecule has 8 heteroatoms. The predicted octanol–water partition coefficient (Wildman–Crippen LogP) is 1.66. The standard InChI is InChI=1S/C14H23N5OS.HI/c1-3-11-7-16-13(21-11)9-18-14(15-4-2)17-8-12(20)19-10-5-6-10;/h7,10H,3-6,8-9H2,1-2H3,(H,19,20)(H2,15,17,18);1H. The lowest BCUT2D eigenvalue weighted by Gasteiger charge is -2.10. The van der Waals surface area contributed by atoms with Crippen LogP contribution in [0, 0.1) is 0 Å². The summed E-state index contributed by atoms with van der Waals surface area (Å²) in [6.07, 6.45) is 5.11. The molecule has 1 fully saturated rings. The highest BCUT2D eigenvalue weighted by atomic mass is 127. The Morgan fingerprint density at radius 3 is 2.77 bits per heavy atom. The molecule has 1 amide bonds. The van der Waals surface area contributed by atoms with E-state index in [1.165, 1.54) is 4.88 Å². The van der Waals surface area contributed by atoms with Gasteiger partial charge in [-0.05, 0) is 26.2 Å². The first-order chi connectivity index (χ1) is 10.2. The van der Waals surface area contributed by atoms with Gasteiger partial charge in [0.25, 0.3) is 0 Å². The molecule has 1 aromatic rings. The molecule has 124 valence electrons. The van der Waals surface area contributed by atoms with Crippen molar-refractivity contribution in [2.24, 2.45) is 4.99 Å². The van der Waals surface area contributed by atoms with Crippen LogP contribution in [0.1, 0.15) is 36.6 Å². The van der Waals surface area contributed by atoms with Gasteiger partial charge in [-0.3, -0.25) is 4.79 Å². The molecule has 6 nitrogen and oxygen atoms in total. The molecular weight excluding hydrogens is 413 g/mol. The van der Waals surface area contributed by atoms with E-state index in [9.17, 15) is 4.79 Å². The molecule has 0 spiro atoms. The van der Waals surface area contributed by atoms with E-state index in [0.29, 0.717) is 18.5 Å². The number of aryl methyl sites for hydroxylation is 1. The van der Waals surface area contributed by atoms with Gasteiger partial charge in [0, 0.05) is 23.7 Å². The molecule has 1 saturated carbocycles. The lowest BCUT2D eigenvalue weighted by molar-refractivity contribution is -0.119. The van der Waals surface area contributed by atoms with Crippen molar-refractivity contribution in [1.82, 2.24) is 20.9 Å². The van der Waals surface area contributed by atoms with Crippen LogP contribution in [-0.2, 0) is 17.8 Å². The average molecular weight is 437 g/mol. The summed E-state index contributed by atoms with van der Waals surface area (Å²) in [7, 11) is 0. The third-order valence-electron chi connectivity index (χ3n) is 3.02. The largest absolute Gasteiger partial charge is 0.357 e. The van der Waals surface area contributed by atoms with Gasteiger partial charge in [-0.25, -0.2) is 9.98 Å². The maximum atomic E-state index is 11.6. The first kappa shape index (κ1) is 19.1. The molecule has 3 N–H and O–H groups in total. The summed E-state index contributed by atoms with van der Waals surface area (Å²) in [5.74, 6) is 0.633. The monoisotopic (exact) mass is 437 g/mol. The maximum Gasteiger partial charge on any atom is 0.242 e. The molecule has 0 saturated heterocycles. The summed E-state index contributed by atoms with van der Waals surface area (Å²) >= 11 is 1.70. The summed E-state index contributed by atoms with van der Waals surface area (Å²) in [4.78, 5) is 21.6. The molecule has 0 unspecified atom stereocenters. The SMILES string of the molecule is CCNC(=NCC(=O)NC1CC1)NCc1ncc(CC)s1.I. The summed E-state index contributed by atoms with van der Waals surface area (Å²) in [6, 6.07) is 0.381. The zero-order chi connectivity index (χ0) is 15.1. The van der Waals surface area contributed by atoms with E-state index in [1.807, 2.05) is 13.1 Å². The van der Waals surface area contributed by atoms with Crippen LogP contribution in [0.3, 0.4) is 0 Å². The molecule has 22 heavy (non-hydrogen) atoms. The number of halogens is 1. The van der Waals surface area contributed by atoms with Gasteiger partial charge >= 0.3 is 0 Å². The van der Waals surface area contributed by atoms with Crippen LogP contribution in [0.4, 0.5) is 0 Å². The minimum atomic E-state index is -0.0165. The fourth-order valence-electron chi connectivity index (χ4n) is 1.75. The predicted molar refractivity (Wildman–Crippen MR) is 101 cm³/mol. The minimum absolute atomic E-state index is 0. The molecule has 1 aliphatic carbocycles.